The van der Waals surface area contributed by atoms with E-state index in [2.05, 4.69) is 21.2 Å². The third-order valence-corrected chi connectivity index (χ3v) is 3.17. The van der Waals surface area contributed by atoms with Crippen LogP contribution in [0.15, 0.2) is 40.9 Å². The van der Waals surface area contributed by atoms with E-state index in [-0.39, 0.29) is 11.3 Å². The van der Waals surface area contributed by atoms with Gasteiger partial charge >= 0.3 is 5.97 Å². The van der Waals surface area contributed by atoms with Gasteiger partial charge in [-0.15, -0.1) is 0 Å². The Balaban J connectivity index is 2.39. The van der Waals surface area contributed by atoms with E-state index < -0.39 is 29.0 Å². The highest BCUT2D eigenvalue weighted by Crippen LogP contribution is 2.24. The van der Waals surface area contributed by atoms with Gasteiger partial charge in [-0.3, -0.25) is 4.79 Å². The number of rotatable bonds is 3. The van der Waals surface area contributed by atoms with E-state index >= 15 is 0 Å². The number of hydrogen-bond donors (Lipinski definition) is 3. The fourth-order valence-electron chi connectivity index (χ4n) is 1.72. The molecule has 21 heavy (non-hydrogen) atoms. The number of aromatic carboxylic acids is 1. The fraction of sp³-hybridized carbons (Fsp3) is 0. The number of carbonyl (C=O) groups excluding carboxylic acids is 1. The maximum absolute atomic E-state index is 13.6. The summed E-state index contributed by atoms with van der Waals surface area (Å²) in [5, 5.41) is 20.9. The highest BCUT2D eigenvalue weighted by molar-refractivity contribution is 9.10. The first-order valence-electron chi connectivity index (χ1n) is 5.72. The Kier molecular flexibility index (Phi) is 4.23. The number of halogens is 2. The number of benzene rings is 2. The van der Waals surface area contributed by atoms with Crippen molar-refractivity contribution in [3.05, 3.63) is 57.8 Å². The zero-order valence-electron chi connectivity index (χ0n) is 10.4. The number of anilines is 1. The summed E-state index contributed by atoms with van der Waals surface area (Å²) in [5.41, 5.74) is -0.705. The molecule has 0 radical (unpaired) electrons. The Hall–Kier alpha value is -2.41. The zero-order chi connectivity index (χ0) is 15.6. The summed E-state index contributed by atoms with van der Waals surface area (Å²) in [6.45, 7) is 0. The van der Waals surface area contributed by atoms with E-state index in [1.54, 1.807) is 0 Å². The van der Waals surface area contributed by atoms with Crippen LogP contribution in [-0.4, -0.2) is 22.1 Å². The molecule has 2 rings (SSSR count). The van der Waals surface area contributed by atoms with Gasteiger partial charge in [0.2, 0.25) is 0 Å². The number of carboxylic acid groups (broad SMARTS) is 1. The quantitative estimate of drug-likeness (QED) is 0.790. The second kappa shape index (κ2) is 5.92. The molecule has 3 N–H and O–H groups in total. The van der Waals surface area contributed by atoms with Crippen LogP contribution in [0.25, 0.3) is 0 Å². The number of aromatic hydroxyl groups is 1. The summed E-state index contributed by atoms with van der Waals surface area (Å²) in [6.07, 6.45) is 0. The molecular formula is C14H9BrFNO4. The molecule has 0 saturated carbocycles. The number of phenols is 1. The first-order chi connectivity index (χ1) is 9.90. The predicted molar refractivity (Wildman–Crippen MR) is 77.1 cm³/mol. The predicted octanol–water partition coefficient (Wildman–Crippen LogP) is 3.24. The molecule has 0 aliphatic carbocycles. The van der Waals surface area contributed by atoms with Crippen molar-refractivity contribution < 1.29 is 24.2 Å². The van der Waals surface area contributed by atoms with Crippen LogP contribution >= 0.6 is 15.9 Å². The van der Waals surface area contributed by atoms with Crippen molar-refractivity contribution in [3.63, 3.8) is 0 Å². The minimum atomic E-state index is -1.25. The number of carboxylic acids is 1. The molecule has 5 nitrogen and oxygen atoms in total. The fourth-order valence-corrected chi connectivity index (χ4v) is 2.09. The molecule has 0 atom stereocenters. The van der Waals surface area contributed by atoms with Gasteiger partial charge in [0.05, 0.1) is 11.3 Å². The molecule has 0 aliphatic rings. The third-order valence-electron chi connectivity index (χ3n) is 2.68. The lowest BCUT2D eigenvalue weighted by molar-refractivity contribution is 0.0698. The van der Waals surface area contributed by atoms with E-state index in [9.17, 15) is 19.1 Å². The normalized spacial score (nSPS) is 10.2. The molecular weight excluding hydrogens is 345 g/mol. The zero-order valence-corrected chi connectivity index (χ0v) is 12.0. The summed E-state index contributed by atoms with van der Waals surface area (Å²) in [6, 6.07) is 7.64. The smallest absolute Gasteiger partial charge is 0.337 e. The summed E-state index contributed by atoms with van der Waals surface area (Å²) in [7, 11) is 0. The van der Waals surface area contributed by atoms with Gasteiger partial charge in [-0.25, -0.2) is 9.18 Å². The molecule has 0 aliphatic heterocycles. The standard InChI is InChI=1S/C14H9BrFNO4/c15-7-4-5-10(8(6-7)14(20)21)17-13(19)12-9(16)2-1-3-11(12)18/h1-6,18H,(H,17,19)(H,20,21). The average Bonchev–Trinajstić information content (AvgIpc) is 2.40. The van der Waals surface area contributed by atoms with Crippen LogP contribution < -0.4 is 5.32 Å². The number of carbonyl (C=O) groups is 2. The Morgan fingerprint density at radius 1 is 1.19 bits per heavy atom. The Morgan fingerprint density at radius 2 is 1.90 bits per heavy atom. The first-order valence-corrected chi connectivity index (χ1v) is 6.51. The minimum Gasteiger partial charge on any atom is -0.507 e. The molecule has 0 unspecified atom stereocenters. The van der Waals surface area contributed by atoms with Crippen molar-refractivity contribution in [1.29, 1.82) is 0 Å². The summed E-state index contributed by atoms with van der Waals surface area (Å²) >= 11 is 3.12. The summed E-state index contributed by atoms with van der Waals surface area (Å²) < 4.78 is 14.1. The van der Waals surface area contributed by atoms with E-state index in [0.29, 0.717) is 4.47 Å². The first kappa shape index (κ1) is 15.0. The van der Waals surface area contributed by atoms with Gasteiger partial charge in [0.1, 0.15) is 17.1 Å². The van der Waals surface area contributed by atoms with Crippen molar-refractivity contribution >= 4 is 33.5 Å². The van der Waals surface area contributed by atoms with Crippen molar-refractivity contribution in [3.8, 4) is 5.75 Å². The number of amides is 1. The summed E-state index contributed by atoms with van der Waals surface area (Å²) in [4.78, 5) is 23.1. The average molecular weight is 354 g/mol. The SMILES string of the molecule is O=C(O)c1cc(Br)ccc1NC(=O)c1c(O)cccc1F. The number of hydrogen-bond acceptors (Lipinski definition) is 3. The van der Waals surface area contributed by atoms with Crippen LogP contribution in [0.5, 0.6) is 5.75 Å². The molecule has 0 spiro atoms. The molecule has 1 amide bonds. The van der Waals surface area contributed by atoms with E-state index in [4.69, 9.17) is 5.11 Å². The highest BCUT2D eigenvalue weighted by Gasteiger charge is 2.19. The number of nitrogens with one attached hydrogen (secondary N) is 1. The molecule has 0 heterocycles. The van der Waals surface area contributed by atoms with Gasteiger partial charge in [-0.05, 0) is 30.3 Å². The van der Waals surface area contributed by atoms with Crippen LogP contribution in [-0.2, 0) is 0 Å². The molecule has 0 saturated heterocycles. The van der Waals surface area contributed by atoms with Crippen LogP contribution in [0.2, 0.25) is 0 Å². The molecule has 2 aromatic rings. The molecule has 7 heteroatoms. The van der Waals surface area contributed by atoms with Crippen LogP contribution in [0.3, 0.4) is 0 Å². The van der Waals surface area contributed by atoms with Gasteiger partial charge in [0.15, 0.2) is 0 Å². The van der Waals surface area contributed by atoms with E-state index in [0.717, 1.165) is 12.1 Å². The van der Waals surface area contributed by atoms with Crippen LogP contribution in [0.4, 0.5) is 10.1 Å². The van der Waals surface area contributed by atoms with Crippen molar-refractivity contribution in [2.24, 2.45) is 0 Å². The Morgan fingerprint density at radius 3 is 2.52 bits per heavy atom. The second-order valence-corrected chi connectivity index (χ2v) is 5.00. The maximum atomic E-state index is 13.6. The molecule has 0 bridgehead atoms. The molecule has 0 fully saturated rings. The van der Waals surface area contributed by atoms with Crippen molar-refractivity contribution in [1.82, 2.24) is 0 Å². The van der Waals surface area contributed by atoms with Crippen molar-refractivity contribution in [2.75, 3.05) is 5.32 Å². The lowest BCUT2D eigenvalue weighted by Crippen LogP contribution is -2.16. The van der Waals surface area contributed by atoms with Gasteiger partial charge in [0, 0.05) is 4.47 Å². The largest absolute Gasteiger partial charge is 0.507 e. The summed E-state index contributed by atoms with van der Waals surface area (Å²) in [5.74, 6) is -3.61. The lowest BCUT2D eigenvalue weighted by atomic mass is 10.1. The Labute approximate surface area is 127 Å². The minimum absolute atomic E-state index is 0.00152. The lowest BCUT2D eigenvalue weighted by Gasteiger charge is -2.10. The van der Waals surface area contributed by atoms with Gasteiger partial charge in [-0.2, -0.15) is 0 Å². The van der Waals surface area contributed by atoms with Crippen LogP contribution in [0, 0.1) is 5.82 Å². The highest BCUT2D eigenvalue weighted by atomic mass is 79.9. The topological polar surface area (TPSA) is 86.6 Å². The molecule has 108 valence electrons. The van der Waals surface area contributed by atoms with Crippen LogP contribution in [0.1, 0.15) is 20.7 Å². The van der Waals surface area contributed by atoms with Gasteiger partial charge in [0.25, 0.3) is 5.91 Å². The maximum Gasteiger partial charge on any atom is 0.337 e. The van der Waals surface area contributed by atoms with Gasteiger partial charge in [-0.1, -0.05) is 22.0 Å². The second-order valence-electron chi connectivity index (χ2n) is 4.08. The molecule has 0 aromatic heterocycles. The van der Waals surface area contributed by atoms with Crippen molar-refractivity contribution in [2.45, 2.75) is 0 Å². The number of phenolic OH excluding ortho intramolecular Hbond substituents is 1. The third kappa shape index (κ3) is 3.19. The van der Waals surface area contributed by atoms with Gasteiger partial charge < -0.3 is 15.5 Å². The monoisotopic (exact) mass is 353 g/mol. The Bertz CT molecular complexity index is 713. The van der Waals surface area contributed by atoms with E-state index in [1.165, 1.54) is 24.3 Å². The van der Waals surface area contributed by atoms with E-state index in [1.807, 2.05) is 0 Å². The molecule has 2 aromatic carbocycles.